The van der Waals surface area contributed by atoms with Gasteiger partial charge in [-0.3, -0.25) is 0 Å². The topological polar surface area (TPSA) is 0 Å². The average molecular weight is 319 g/mol. The maximum Gasteiger partial charge on any atom is -0.0102 e. The van der Waals surface area contributed by atoms with Crippen LogP contribution in [0.5, 0.6) is 0 Å². The summed E-state index contributed by atoms with van der Waals surface area (Å²) in [5, 5.41) is 0. The van der Waals surface area contributed by atoms with Crippen LogP contribution in [0.15, 0.2) is 84.1 Å². The van der Waals surface area contributed by atoms with E-state index in [-0.39, 0.29) is 0 Å². The highest BCUT2D eigenvalue weighted by molar-refractivity contribution is 5.36. The van der Waals surface area contributed by atoms with Gasteiger partial charge in [0.25, 0.3) is 0 Å². The monoisotopic (exact) mass is 318 g/mol. The first-order valence-electron chi connectivity index (χ1n) is 9.59. The molecule has 0 aromatic heterocycles. The van der Waals surface area contributed by atoms with Gasteiger partial charge in [-0.25, -0.2) is 0 Å². The summed E-state index contributed by atoms with van der Waals surface area (Å²) in [6, 6.07) is 0. The molecule has 6 aliphatic rings. The predicted octanol–water partition coefficient (Wildman–Crippen LogP) is 7.01. The summed E-state index contributed by atoms with van der Waals surface area (Å²) in [7, 11) is 0. The summed E-state index contributed by atoms with van der Waals surface area (Å²) in [5.74, 6) is 1.98. The summed E-state index contributed by atoms with van der Waals surface area (Å²) in [5.41, 5.74) is 3.30. The predicted molar refractivity (Wildman–Crippen MR) is 106 cm³/mol. The Hall–Kier alpha value is -1.82. The number of hydrogen-bond donors (Lipinski definition) is 0. The van der Waals surface area contributed by atoms with Crippen molar-refractivity contribution in [3.8, 4) is 0 Å². The van der Waals surface area contributed by atoms with Crippen LogP contribution in [0.2, 0.25) is 0 Å². The molecule has 2 saturated carbocycles. The lowest BCUT2D eigenvalue weighted by Gasteiger charge is -1.96. The third-order valence-corrected chi connectivity index (χ3v) is 5.26. The van der Waals surface area contributed by atoms with E-state index in [1.807, 2.05) is 0 Å². The number of hydrogen-bond acceptors (Lipinski definition) is 0. The minimum absolute atomic E-state index is 0.991. The Morgan fingerprint density at radius 2 is 1.08 bits per heavy atom. The van der Waals surface area contributed by atoms with Crippen molar-refractivity contribution in [3.05, 3.63) is 84.1 Å². The van der Waals surface area contributed by atoms with E-state index in [2.05, 4.69) is 72.9 Å². The molecule has 0 nitrogen and oxygen atoms in total. The Balaban J connectivity index is 0.0000000954. The Morgan fingerprint density at radius 1 is 0.625 bits per heavy atom. The molecule has 4 bridgehead atoms. The van der Waals surface area contributed by atoms with Gasteiger partial charge in [-0.05, 0) is 63.2 Å². The average Bonchev–Trinajstić information content (AvgIpc) is 3.47. The standard InChI is InChI=1S/C7H10.C7H8.2C5H6/c2*1-2-7-4-3-6(1)5-7;2*1-2-4-5-3-1/h1-2,6-7H,3-5H2;1-2H,3-5H2;2*1-4H,5H2. The molecule has 0 N–H and O–H groups in total. The molecule has 6 aliphatic carbocycles. The van der Waals surface area contributed by atoms with E-state index in [0.29, 0.717) is 0 Å². The van der Waals surface area contributed by atoms with Gasteiger partial charge in [-0.1, -0.05) is 84.1 Å². The molecule has 0 heteroatoms. The maximum absolute atomic E-state index is 2.38. The van der Waals surface area contributed by atoms with E-state index < -0.39 is 0 Å². The molecule has 24 heavy (non-hydrogen) atoms. The molecule has 2 fully saturated rings. The maximum atomic E-state index is 2.38. The molecule has 0 heterocycles. The van der Waals surface area contributed by atoms with Crippen LogP contribution < -0.4 is 0 Å². The lowest BCUT2D eigenvalue weighted by Crippen LogP contribution is -1.82. The second-order valence-electron chi connectivity index (χ2n) is 7.23. The second kappa shape index (κ2) is 9.47. The van der Waals surface area contributed by atoms with Crippen LogP contribution in [0.1, 0.15) is 51.4 Å². The van der Waals surface area contributed by atoms with Gasteiger partial charge in [0.05, 0.1) is 0 Å². The minimum atomic E-state index is 0.991. The van der Waals surface area contributed by atoms with Gasteiger partial charge in [0, 0.05) is 0 Å². The first-order valence-corrected chi connectivity index (χ1v) is 9.59. The normalized spacial score (nSPS) is 28.0. The lowest BCUT2D eigenvalue weighted by atomic mass is 10.1. The molecular formula is C24H30. The number of fused-ring (bicyclic) bond motifs is 4. The molecule has 2 atom stereocenters. The van der Waals surface area contributed by atoms with E-state index >= 15 is 0 Å². The highest BCUT2D eigenvalue weighted by Crippen LogP contribution is 2.38. The molecular weight excluding hydrogens is 288 g/mol. The summed E-state index contributed by atoms with van der Waals surface area (Å²) < 4.78 is 0. The number of rotatable bonds is 0. The fourth-order valence-electron chi connectivity index (χ4n) is 3.81. The smallest absolute Gasteiger partial charge is 0.0102 e. The van der Waals surface area contributed by atoms with Crippen LogP contribution in [-0.2, 0) is 0 Å². The molecule has 126 valence electrons. The van der Waals surface area contributed by atoms with Gasteiger partial charge in [-0.2, -0.15) is 0 Å². The van der Waals surface area contributed by atoms with E-state index in [9.17, 15) is 0 Å². The van der Waals surface area contributed by atoms with E-state index in [1.54, 1.807) is 11.1 Å². The van der Waals surface area contributed by atoms with Crippen LogP contribution in [-0.4, -0.2) is 0 Å². The van der Waals surface area contributed by atoms with Crippen LogP contribution >= 0.6 is 0 Å². The van der Waals surface area contributed by atoms with Gasteiger partial charge in [0.15, 0.2) is 0 Å². The van der Waals surface area contributed by atoms with Crippen LogP contribution in [0.3, 0.4) is 0 Å². The Labute approximate surface area is 147 Å². The summed E-state index contributed by atoms with van der Waals surface area (Å²) in [6.07, 6.45) is 36.7. The fourth-order valence-corrected chi connectivity index (χ4v) is 3.81. The SMILES string of the molecule is C1=C2CCC(=C1)C2.C1=CC2CCC1C2.C1=CCC=C1.C1=CCC=C1. The molecule has 0 spiro atoms. The van der Waals surface area contributed by atoms with Gasteiger partial charge >= 0.3 is 0 Å². The summed E-state index contributed by atoms with van der Waals surface area (Å²) >= 11 is 0. The molecule has 0 aromatic carbocycles. The van der Waals surface area contributed by atoms with Gasteiger partial charge in [0.2, 0.25) is 0 Å². The molecule has 2 unspecified atom stereocenters. The van der Waals surface area contributed by atoms with E-state index in [0.717, 1.165) is 24.7 Å². The summed E-state index contributed by atoms with van der Waals surface area (Å²) in [6.45, 7) is 0. The first-order chi connectivity index (χ1) is 11.9. The van der Waals surface area contributed by atoms with E-state index in [4.69, 9.17) is 0 Å². The van der Waals surface area contributed by atoms with Crippen molar-refractivity contribution >= 4 is 0 Å². The van der Waals surface area contributed by atoms with Crippen molar-refractivity contribution in [2.45, 2.75) is 51.4 Å². The van der Waals surface area contributed by atoms with Gasteiger partial charge < -0.3 is 0 Å². The van der Waals surface area contributed by atoms with Crippen molar-refractivity contribution in [3.63, 3.8) is 0 Å². The zero-order valence-electron chi connectivity index (χ0n) is 14.7. The highest BCUT2D eigenvalue weighted by atomic mass is 14.3. The highest BCUT2D eigenvalue weighted by Gasteiger charge is 2.25. The zero-order chi connectivity index (χ0) is 16.5. The van der Waals surface area contributed by atoms with Crippen LogP contribution in [0, 0.1) is 11.8 Å². The third kappa shape index (κ3) is 5.67. The summed E-state index contributed by atoms with van der Waals surface area (Å²) in [4.78, 5) is 0. The number of allylic oxidation sites excluding steroid dienone is 14. The van der Waals surface area contributed by atoms with Crippen molar-refractivity contribution in [1.29, 1.82) is 0 Å². The second-order valence-corrected chi connectivity index (χ2v) is 7.23. The van der Waals surface area contributed by atoms with E-state index in [1.165, 1.54) is 38.5 Å². The Bertz CT molecular complexity index is 532. The van der Waals surface area contributed by atoms with Crippen LogP contribution in [0.25, 0.3) is 0 Å². The molecule has 0 radical (unpaired) electrons. The fraction of sp³-hybridized carbons (Fsp3) is 0.417. The molecule has 0 aliphatic heterocycles. The molecule has 6 rings (SSSR count). The van der Waals surface area contributed by atoms with Gasteiger partial charge in [-0.15, -0.1) is 0 Å². The lowest BCUT2D eigenvalue weighted by molar-refractivity contribution is 0.691. The Morgan fingerprint density at radius 3 is 1.21 bits per heavy atom. The first kappa shape index (κ1) is 17.0. The molecule has 0 saturated heterocycles. The quantitative estimate of drug-likeness (QED) is 0.421. The minimum Gasteiger partial charge on any atom is -0.0851 e. The third-order valence-electron chi connectivity index (χ3n) is 5.26. The van der Waals surface area contributed by atoms with Crippen LogP contribution in [0.4, 0.5) is 0 Å². The Kier molecular flexibility index (Phi) is 6.71. The molecule has 0 aromatic rings. The van der Waals surface area contributed by atoms with Crippen molar-refractivity contribution in [2.24, 2.45) is 11.8 Å². The largest absolute Gasteiger partial charge is 0.0851 e. The van der Waals surface area contributed by atoms with Crippen molar-refractivity contribution < 1.29 is 0 Å². The van der Waals surface area contributed by atoms with Crippen molar-refractivity contribution in [1.82, 2.24) is 0 Å². The van der Waals surface area contributed by atoms with Gasteiger partial charge in [0.1, 0.15) is 0 Å². The zero-order valence-corrected chi connectivity index (χ0v) is 14.7. The molecule has 0 amide bonds. The van der Waals surface area contributed by atoms with Crippen molar-refractivity contribution in [2.75, 3.05) is 0 Å².